The van der Waals surface area contributed by atoms with Gasteiger partial charge in [-0.15, -0.1) is 0 Å². The summed E-state index contributed by atoms with van der Waals surface area (Å²) in [5.41, 5.74) is 0. The van der Waals surface area contributed by atoms with Gasteiger partial charge in [-0.25, -0.2) is 4.57 Å². The lowest BCUT2D eigenvalue weighted by atomic mass is 10.5. The fourth-order valence-electron chi connectivity index (χ4n) is 0. The number of phosphoric acid groups is 1. The molecule has 0 amide bonds. The smallest absolute Gasteiger partial charge is 0.430 e. The van der Waals surface area contributed by atoms with Crippen molar-refractivity contribution in [2.45, 2.75) is 0 Å². The molecule has 0 unspecified atom stereocenters. The predicted octanol–water partition coefficient (Wildman–Crippen LogP) is -2.69. The number of hydrogen-bond acceptors (Lipinski definition) is 3. The van der Waals surface area contributed by atoms with Crippen LogP contribution in [-0.2, 0) is 4.57 Å². The van der Waals surface area contributed by atoms with E-state index in [1.165, 1.54) is 0 Å². The van der Waals surface area contributed by atoms with E-state index in [2.05, 4.69) is 0 Å². The Kier molecular flexibility index (Phi) is 7.18. The number of rotatable bonds is 0. The minimum atomic E-state index is -4.64. The average Bonchev–Trinajstić information content (AvgIpc) is 1.27. The summed E-state index contributed by atoms with van der Waals surface area (Å²) in [6.45, 7) is 0. The molecular formula is H6BO6P. The summed E-state index contributed by atoms with van der Waals surface area (Å²) in [6, 6.07) is 0. The van der Waals surface area contributed by atoms with Crippen LogP contribution in [0.2, 0.25) is 0 Å². The molecule has 0 fully saturated rings. The van der Waals surface area contributed by atoms with Gasteiger partial charge in [-0.05, 0) is 0 Å². The molecule has 0 aromatic carbocycles. The Morgan fingerprint density at radius 2 is 1.12 bits per heavy atom. The van der Waals surface area contributed by atoms with Crippen molar-refractivity contribution >= 4 is 15.5 Å². The Balaban J connectivity index is 0. The first-order valence-electron chi connectivity index (χ1n) is 1.42. The summed E-state index contributed by atoms with van der Waals surface area (Å²) in [5.74, 6) is 0. The molecule has 0 spiro atoms. The standard InChI is InChI=1S/BH3O2.H3O4P/c2-1-3;1-5(2,3)4/h1-3H;(H3,1,2,3,4). The molecule has 0 atom stereocenters. The molecule has 0 heterocycles. The first-order chi connectivity index (χ1) is 3.41. The fourth-order valence-corrected chi connectivity index (χ4v) is 0. The predicted molar refractivity (Wildman–Crippen MR) is 25.8 cm³/mol. The Bertz CT molecular complexity index is 64.3. The zero-order valence-corrected chi connectivity index (χ0v) is 4.69. The van der Waals surface area contributed by atoms with Gasteiger partial charge >= 0.3 is 15.5 Å². The van der Waals surface area contributed by atoms with Crippen molar-refractivity contribution in [1.29, 1.82) is 0 Å². The third-order valence-electron chi connectivity index (χ3n) is 0. The van der Waals surface area contributed by atoms with Crippen molar-refractivity contribution in [3.8, 4) is 0 Å². The molecule has 8 heavy (non-hydrogen) atoms. The van der Waals surface area contributed by atoms with E-state index in [0.29, 0.717) is 0 Å². The van der Waals surface area contributed by atoms with Crippen LogP contribution >= 0.6 is 7.82 Å². The molecule has 0 saturated carbocycles. The van der Waals surface area contributed by atoms with Crippen molar-refractivity contribution in [1.82, 2.24) is 0 Å². The van der Waals surface area contributed by atoms with Gasteiger partial charge in [0, 0.05) is 0 Å². The van der Waals surface area contributed by atoms with E-state index < -0.39 is 15.5 Å². The molecule has 0 aliphatic carbocycles. The summed E-state index contributed by atoms with van der Waals surface area (Å²) in [6.07, 6.45) is 0. The molecule has 0 bridgehead atoms. The minimum Gasteiger partial charge on any atom is -0.430 e. The van der Waals surface area contributed by atoms with Gasteiger partial charge in [-0.1, -0.05) is 0 Å². The van der Waals surface area contributed by atoms with Gasteiger partial charge < -0.3 is 24.7 Å². The summed E-state index contributed by atoms with van der Waals surface area (Å²) in [4.78, 5) is 21.6. The van der Waals surface area contributed by atoms with E-state index in [9.17, 15) is 0 Å². The summed E-state index contributed by atoms with van der Waals surface area (Å²) in [5, 5.41) is 14.2. The molecule has 8 heteroatoms. The molecule has 6 nitrogen and oxygen atoms in total. The molecular weight excluding hydrogens is 138 g/mol. The van der Waals surface area contributed by atoms with Crippen LogP contribution < -0.4 is 0 Å². The van der Waals surface area contributed by atoms with Crippen LogP contribution in [0.5, 0.6) is 0 Å². The van der Waals surface area contributed by atoms with E-state index in [1.807, 2.05) is 0 Å². The lowest BCUT2D eigenvalue weighted by Gasteiger charge is -1.82. The van der Waals surface area contributed by atoms with Gasteiger partial charge in [-0.3, -0.25) is 0 Å². The van der Waals surface area contributed by atoms with Crippen molar-refractivity contribution < 1.29 is 29.3 Å². The third-order valence-corrected chi connectivity index (χ3v) is 0. The van der Waals surface area contributed by atoms with Crippen molar-refractivity contribution in [2.75, 3.05) is 0 Å². The van der Waals surface area contributed by atoms with Crippen molar-refractivity contribution in [3.63, 3.8) is 0 Å². The molecule has 0 radical (unpaired) electrons. The van der Waals surface area contributed by atoms with Gasteiger partial charge in [0.1, 0.15) is 0 Å². The zero-order valence-electron chi connectivity index (χ0n) is 3.80. The van der Waals surface area contributed by atoms with Crippen LogP contribution in [0.4, 0.5) is 0 Å². The van der Waals surface area contributed by atoms with E-state index >= 15 is 0 Å². The number of hydrogen-bond donors (Lipinski definition) is 5. The summed E-state index contributed by atoms with van der Waals surface area (Å²) >= 11 is 0. The molecule has 0 aliphatic rings. The molecule has 5 N–H and O–H groups in total. The van der Waals surface area contributed by atoms with E-state index in [0.717, 1.165) is 0 Å². The second-order valence-corrected chi connectivity index (χ2v) is 1.68. The van der Waals surface area contributed by atoms with Crippen LogP contribution in [-0.4, -0.2) is 32.4 Å². The van der Waals surface area contributed by atoms with Gasteiger partial charge in [0.25, 0.3) is 0 Å². The third kappa shape index (κ3) is 17600. The summed E-state index contributed by atoms with van der Waals surface area (Å²) in [7, 11) is -5.39. The SMILES string of the molecule is O=P(O)(O)O.OBO. The van der Waals surface area contributed by atoms with Crippen molar-refractivity contribution in [3.05, 3.63) is 0 Å². The second-order valence-electron chi connectivity index (χ2n) is 0.655. The lowest BCUT2D eigenvalue weighted by Crippen LogP contribution is -1.75. The minimum absolute atomic E-state index is 0.750. The quantitative estimate of drug-likeness (QED) is 0.186. The highest BCUT2D eigenvalue weighted by atomic mass is 31.2. The average molecular weight is 144 g/mol. The Morgan fingerprint density at radius 3 is 1.12 bits per heavy atom. The normalized spacial score (nSPS) is 9.12. The van der Waals surface area contributed by atoms with Gasteiger partial charge in [0.05, 0.1) is 0 Å². The fraction of sp³-hybridized carbons (Fsp3) is 0. The first-order valence-corrected chi connectivity index (χ1v) is 2.98. The van der Waals surface area contributed by atoms with E-state index in [4.69, 9.17) is 29.3 Å². The topological polar surface area (TPSA) is 118 Å². The maximum Gasteiger partial charge on any atom is 0.466 e. The molecule has 0 aromatic rings. The monoisotopic (exact) mass is 144 g/mol. The molecule has 0 rings (SSSR count). The van der Waals surface area contributed by atoms with Crippen LogP contribution in [0.25, 0.3) is 0 Å². The van der Waals surface area contributed by atoms with Crippen LogP contribution in [0.15, 0.2) is 0 Å². The highest BCUT2D eigenvalue weighted by molar-refractivity contribution is 7.45. The highest BCUT2D eigenvalue weighted by Gasteiger charge is 2.00. The van der Waals surface area contributed by atoms with E-state index in [-0.39, 0.29) is 0 Å². The van der Waals surface area contributed by atoms with Gasteiger partial charge in [-0.2, -0.15) is 0 Å². The van der Waals surface area contributed by atoms with Crippen LogP contribution in [0, 0.1) is 0 Å². The van der Waals surface area contributed by atoms with Crippen LogP contribution in [0.1, 0.15) is 0 Å². The highest BCUT2D eigenvalue weighted by Crippen LogP contribution is 2.25. The molecule has 50 valence electrons. The van der Waals surface area contributed by atoms with Crippen LogP contribution in [0.3, 0.4) is 0 Å². The van der Waals surface area contributed by atoms with Gasteiger partial charge in [0.15, 0.2) is 0 Å². The summed E-state index contributed by atoms with van der Waals surface area (Å²) < 4.78 is 8.88. The maximum atomic E-state index is 8.88. The van der Waals surface area contributed by atoms with E-state index in [1.54, 1.807) is 0 Å². The zero-order chi connectivity index (χ0) is 7.21. The molecule has 0 saturated heterocycles. The first kappa shape index (κ1) is 11.0. The molecule has 0 aromatic heterocycles. The Labute approximate surface area is 46.0 Å². The van der Waals surface area contributed by atoms with Crippen molar-refractivity contribution in [2.24, 2.45) is 0 Å². The second kappa shape index (κ2) is 5.24. The molecule has 0 aliphatic heterocycles. The van der Waals surface area contributed by atoms with Gasteiger partial charge in [0.2, 0.25) is 0 Å². The maximum absolute atomic E-state index is 8.88. The lowest BCUT2D eigenvalue weighted by molar-refractivity contribution is 0.275. The largest absolute Gasteiger partial charge is 0.466 e. The Morgan fingerprint density at radius 1 is 1.12 bits per heavy atom. The Hall–Kier alpha value is 0.0949.